The summed E-state index contributed by atoms with van der Waals surface area (Å²) in [6.45, 7) is 0. The molecule has 0 radical (unpaired) electrons. The van der Waals surface area contributed by atoms with Gasteiger partial charge >= 0.3 is 0 Å². The number of nitrogens with one attached hydrogen (secondary N) is 1. The number of imidazole rings is 1. The molecule has 3 aromatic heterocycles. The van der Waals surface area contributed by atoms with Gasteiger partial charge in [0.25, 0.3) is 5.56 Å². The van der Waals surface area contributed by atoms with Gasteiger partial charge in [0, 0.05) is 24.2 Å². The Morgan fingerprint density at radius 1 is 1.35 bits per heavy atom. The van der Waals surface area contributed by atoms with Gasteiger partial charge in [-0.25, -0.2) is 9.97 Å². The minimum Gasteiger partial charge on any atom is -0.383 e. The third-order valence-corrected chi connectivity index (χ3v) is 3.69. The van der Waals surface area contributed by atoms with Gasteiger partial charge in [-0.05, 0) is 12.1 Å². The van der Waals surface area contributed by atoms with Crippen LogP contribution in [0.2, 0.25) is 5.02 Å². The first-order valence-electron chi connectivity index (χ1n) is 5.73. The molecule has 3 aromatic rings. The Kier molecular flexibility index (Phi) is 3.37. The number of H-pyrrole nitrogens is 1. The molecule has 0 aliphatic carbocycles. The molecule has 0 atom stereocenters. The number of thioether (sulfide) groups is 1. The molecule has 0 aliphatic rings. The maximum atomic E-state index is 11.3. The standard InChI is InChI=1S/C12H10ClN5OS/c13-7-1-2-10-15-8(5-18(10)4-7)6-20-12-16-9(14)3-11(19)17-12/h1-5H,6H2,(H3,14,16,17,19). The van der Waals surface area contributed by atoms with Crippen molar-refractivity contribution in [2.75, 3.05) is 5.73 Å². The van der Waals surface area contributed by atoms with E-state index in [1.165, 1.54) is 17.8 Å². The molecule has 8 heteroatoms. The van der Waals surface area contributed by atoms with Gasteiger partial charge in [-0.15, -0.1) is 0 Å². The average Bonchev–Trinajstić information content (AvgIpc) is 2.77. The summed E-state index contributed by atoms with van der Waals surface area (Å²) in [6, 6.07) is 4.88. The number of nitrogens with two attached hydrogens (primary N) is 1. The summed E-state index contributed by atoms with van der Waals surface area (Å²) in [5.74, 6) is 0.782. The molecule has 0 aliphatic heterocycles. The average molecular weight is 308 g/mol. The number of rotatable bonds is 3. The van der Waals surface area contributed by atoms with Crippen LogP contribution in [0.4, 0.5) is 5.82 Å². The first-order valence-corrected chi connectivity index (χ1v) is 7.09. The number of hydrogen-bond donors (Lipinski definition) is 2. The summed E-state index contributed by atoms with van der Waals surface area (Å²) >= 11 is 7.28. The molecule has 0 aromatic carbocycles. The predicted octanol–water partition coefficient (Wildman–Crippen LogP) is 1.95. The van der Waals surface area contributed by atoms with Crippen LogP contribution in [0.5, 0.6) is 0 Å². The fourth-order valence-corrected chi connectivity index (χ4v) is 2.69. The summed E-state index contributed by atoms with van der Waals surface area (Å²) in [4.78, 5) is 22.4. The molecule has 0 unspecified atom stereocenters. The molecular formula is C12H10ClN5OS. The first kappa shape index (κ1) is 13.0. The van der Waals surface area contributed by atoms with E-state index in [4.69, 9.17) is 17.3 Å². The Bertz CT molecular complexity index is 828. The van der Waals surface area contributed by atoms with E-state index < -0.39 is 0 Å². The molecule has 0 bridgehead atoms. The van der Waals surface area contributed by atoms with Crippen molar-refractivity contribution in [3.8, 4) is 0 Å². The van der Waals surface area contributed by atoms with Crippen molar-refractivity contribution in [3.63, 3.8) is 0 Å². The molecule has 20 heavy (non-hydrogen) atoms. The van der Waals surface area contributed by atoms with E-state index in [0.29, 0.717) is 15.9 Å². The molecule has 0 saturated heterocycles. The van der Waals surface area contributed by atoms with Crippen molar-refractivity contribution in [1.82, 2.24) is 19.4 Å². The molecular weight excluding hydrogens is 298 g/mol. The van der Waals surface area contributed by atoms with E-state index in [-0.39, 0.29) is 11.4 Å². The van der Waals surface area contributed by atoms with Gasteiger partial charge in [0.05, 0.1) is 10.7 Å². The van der Waals surface area contributed by atoms with Crippen LogP contribution < -0.4 is 11.3 Å². The number of pyridine rings is 1. The quantitative estimate of drug-likeness (QED) is 0.570. The highest BCUT2D eigenvalue weighted by Gasteiger charge is 2.05. The lowest BCUT2D eigenvalue weighted by Crippen LogP contribution is -2.09. The molecule has 0 spiro atoms. The Labute approximate surface area is 123 Å². The van der Waals surface area contributed by atoms with Crippen molar-refractivity contribution in [2.24, 2.45) is 0 Å². The summed E-state index contributed by atoms with van der Waals surface area (Å²) < 4.78 is 1.85. The second kappa shape index (κ2) is 5.18. The summed E-state index contributed by atoms with van der Waals surface area (Å²) in [6.07, 6.45) is 3.68. The molecule has 0 fully saturated rings. The third-order valence-electron chi connectivity index (χ3n) is 2.56. The maximum Gasteiger partial charge on any atom is 0.253 e. The second-order valence-electron chi connectivity index (χ2n) is 4.11. The zero-order valence-electron chi connectivity index (χ0n) is 10.2. The number of hydrogen-bond acceptors (Lipinski definition) is 5. The fraction of sp³-hybridized carbons (Fsp3) is 0.0833. The van der Waals surface area contributed by atoms with Crippen molar-refractivity contribution >= 4 is 34.8 Å². The summed E-state index contributed by atoms with van der Waals surface area (Å²) in [7, 11) is 0. The lowest BCUT2D eigenvalue weighted by molar-refractivity contribution is 0.944. The molecule has 0 saturated carbocycles. The highest BCUT2D eigenvalue weighted by atomic mass is 35.5. The fourth-order valence-electron chi connectivity index (χ4n) is 1.75. The van der Waals surface area contributed by atoms with Crippen molar-refractivity contribution in [1.29, 1.82) is 0 Å². The molecule has 3 rings (SSSR count). The molecule has 3 N–H and O–H groups in total. The highest BCUT2D eigenvalue weighted by molar-refractivity contribution is 7.98. The number of aromatic nitrogens is 4. The lowest BCUT2D eigenvalue weighted by Gasteiger charge is -1.98. The summed E-state index contributed by atoms with van der Waals surface area (Å²) in [5, 5.41) is 1.13. The van der Waals surface area contributed by atoms with Crippen LogP contribution in [0.1, 0.15) is 5.69 Å². The SMILES string of the molecule is Nc1cc(=O)[nH]c(SCc2cn3cc(Cl)ccc3n2)n1. The van der Waals surface area contributed by atoms with Gasteiger partial charge < -0.3 is 15.1 Å². The van der Waals surface area contributed by atoms with Crippen LogP contribution in [0, 0.1) is 0 Å². The third kappa shape index (κ3) is 2.78. The smallest absolute Gasteiger partial charge is 0.253 e. The lowest BCUT2D eigenvalue weighted by atomic mass is 10.5. The van der Waals surface area contributed by atoms with E-state index in [1.807, 2.05) is 16.7 Å². The van der Waals surface area contributed by atoms with E-state index in [9.17, 15) is 4.79 Å². The molecule has 102 valence electrons. The number of fused-ring (bicyclic) bond motifs is 1. The van der Waals surface area contributed by atoms with Crippen LogP contribution in [-0.2, 0) is 5.75 Å². The molecule has 0 amide bonds. The minimum atomic E-state index is -0.262. The topological polar surface area (TPSA) is 89.1 Å². The van der Waals surface area contributed by atoms with Gasteiger partial charge in [-0.2, -0.15) is 0 Å². The number of halogens is 1. The number of aromatic amines is 1. The Balaban J connectivity index is 1.81. The monoisotopic (exact) mass is 307 g/mol. The van der Waals surface area contributed by atoms with Gasteiger partial charge in [0.2, 0.25) is 0 Å². The van der Waals surface area contributed by atoms with Crippen LogP contribution in [-0.4, -0.2) is 19.4 Å². The van der Waals surface area contributed by atoms with E-state index in [2.05, 4.69) is 15.0 Å². The number of nitrogens with zero attached hydrogens (tertiary/aromatic N) is 3. The normalized spacial score (nSPS) is 11.1. The van der Waals surface area contributed by atoms with E-state index in [1.54, 1.807) is 12.3 Å². The zero-order chi connectivity index (χ0) is 14.1. The van der Waals surface area contributed by atoms with Crippen LogP contribution >= 0.6 is 23.4 Å². The maximum absolute atomic E-state index is 11.3. The second-order valence-corrected chi connectivity index (χ2v) is 5.51. The van der Waals surface area contributed by atoms with Crippen molar-refractivity contribution in [3.05, 3.63) is 51.7 Å². The molecule has 3 heterocycles. The highest BCUT2D eigenvalue weighted by Crippen LogP contribution is 2.19. The molecule has 6 nitrogen and oxygen atoms in total. The van der Waals surface area contributed by atoms with Crippen molar-refractivity contribution < 1.29 is 0 Å². The summed E-state index contributed by atoms with van der Waals surface area (Å²) in [5.41, 5.74) is 6.95. The van der Waals surface area contributed by atoms with Gasteiger partial charge in [0.15, 0.2) is 5.16 Å². The van der Waals surface area contributed by atoms with E-state index >= 15 is 0 Å². The van der Waals surface area contributed by atoms with Gasteiger partial charge in [-0.3, -0.25) is 4.79 Å². The minimum absolute atomic E-state index is 0.207. The largest absolute Gasteiger partial charge is 0.383 e. The van der Waals surface area contributed by atoms with Crippen LogP contribution in [0.25, 0.3) is 5.65 Å². The number of anilines is 1. The number of nitrogen functional groups attached to an aromatic ring is 1. The zero-order valence-corrected chi connectivity index (χ0v) is 11.8. The van der Waals surface area contributed by atoms with Gasteiger partial charge in [-0.1, -0.05) is 23.4 Å². The van der Waals surface area contributed by atoms with Crippen LogP contribution in [0.15, 0.2) is 40.5 Å². The van der Waals surface area contributed by atoms with Crippen molar-refractivity contribution in [2.45, 2.75) is 10.9 Å². The van der Waals surface area contributed by atoms with E-state index in [0.717, 1.165) is 11.3 Å². The first-order chi connectivity index (χ1) is 9.60. The Morgan fingerprint density at radius 2 is 2.20 bits per heavy atom. The predicted molar refractivity (Wildman–Crippen MR) is 79.0 cm³/mol. The van der Waals surface area contributed by atoms with Crippen LogP contribution in [0.3, 0.4) is 0 Å². The Morgan fingerprint density at radius 3 is 3.00 bits per heavy atom. The Hall–Kier alpha value is -1.99. The van der Waals surface area contributed by atoms with Gasteiger partial charge in [0.1, 0.15) is 11.5 Å².